The van der Waals surface area contributed by atoms with Crippen LogP contribution in [0.1, 0.15) is 5.56 Å². The van der Waals surface area contributed by atoms with Crippen LogP contribution in [0.5, 0.6) is 0 Å². The van der Waals surface area contributed by atoms with E-state index in [2.05, 4.69) is 5.48 Å². The predicted molar refractivity (Wildman–Crippen MR) is 61.3 cm³/mol. The number of hydrogen-bond donors (Lipinski definition) is 1. The fraction of sp³-hybridized carbons (Fsp3) is 0.0769. The fourth-order valence-electron chi connectivity index (χ4n) is 1.32. The second-order valence-electron chi connectivity index (χ2n) is 3.35. The van der Waals surface area contributed by atoms with E-state index in [0.29, 0.717) is 5.56 Å². The van der Waals surface area contributed by atoms with Gasteiger partial charge in [0.1, 0.15) is 12.4 Å². The lowest BCUT2D eigenvalue weighted by Crippen LogP contribution is -2.02. The van der Waals surface area contributed by atoms with Gasteiger partial charge in [-0.05, 0) is 18.2 Å². The van der Waals surface area contributed by atoms with E-state index in [9.17, 15) is 4.39 Å². The van der Waals surface area contributed by atoms with Crippen LogP contribution in [0.15, 0.2) is 54.6 Å². The van der Waals surface area contributed by atoms with E-state index < -0.39 is 0 Å². The molecule has 0 saturated heterocycles. The molecule has 0 unspecified atom stereocenters. The largest absolute Gasteiger partial charge is 0.271 e. The van der Waals surface area contributed by atoms with Gasteiger partial charge in [-0.2, -0.15) is 0 Å². The zero-order valence-corrected chi connectivity index (χ0v) is 8.69. The first kappa shape index (κ1) is 10.6. The highest BCUT2D eigenvalue weighted by Gasteiger charge is 1.99. The highest BCUT2D eigenvalue weighted by atomic mass is 19.1. The summed E-state index contributed by atoms with van der Waals surface area (Å²) in [4.78, 5) is 5.20. The van der Waals surface area contributed by atoms with Crippen LogP contribution in [-0.4, -0.2) is 0 Å². The average Bonchev–Trinajstić information content (AvgIpc) is 2.33. The first-order valence-electron chi connectivity index (χ1n) is 5.02. The molecule has 0 atom stereocenters. The molecule has 3 heteroatoms. The Bertz CT molecular complexity index is 445. The Labute approximate surface area is 93.6 Å². The molecule has 16 heavy (non-hydrogen) atoms. The Hall–Kier alpha value is -1.87. The Morgan fingerprint density at radius 3 is 2.38 bits per heavy atom. The second-order valence-corrected chi connectivity index (χ2v) is 3.35. The lowest BCUT2D eigenvalue weighted by Gasteiger charge is -2.07. The highest BCUT2D eigenvalue weighted by Crippen LogP contribution is 2.09. The first-order chi connectivity index (χ1) is 7.86. The van der Waals surface area contributed by atoms with E-state index in [4.69, 9.17) is 4.84 Å². The third-order valence-corrected chi connectivity index (χ3v) is 2.15. The van der Waals surface area contributed by atoms with Gasteiger partial charge in [-0.25, -0.2) is 4.39 Å². The van der Waals surface area contributed by atoms with E-state index in [1.165, 1.54) is 6.07 Å². The molecule has 2 rings (SSSR count). The minimum atomic E-state index is -0.252. The lowest BCUT2D eigenvalue weighted by molar-refractivity contribution is 0.177. The summed E-state index contributed by atoms with van der Waals surface area (Å²) < 4.78 is 13.2. The van der Waals surface area contributed by atoms with Crippen LogP contribution in [0.4, 0.5) is 10.1 Å². The summed E-state index contributed by atoms with van der Waals surface area (Å²) in [5.74, 6) is -0.252. The van der Waals surface area contributed by atoms with E-state index in [1.807, 2.05) is 30.3 Å². The monoisotopic (exact) mass is 217 g/mol. The maximum atomic E-state index is 13.2. The number of hydrogen-bond acceptors (Lipinski definition) is 2. The highest BCUT2D eigenvalue weighted by molar-refractivity contribution is 5.40. The molecule has 0 aliphatic heterocycles. The average molecular weight is 217 g/mol. The summed E-state index contributed by atoms with van der Waals surface area (Å²) in [6.45, 7) is 0.196. The zero-order chi connectivity index (χ0) is 11.2. The molecule has 82 valence electrons. The maximum absolute atomic E-state index is 13.2. The van der Waals surface area contributed by atoms with Gasteiger partial charge in [0.2, 0.25) is 0 Å². The van der Waals surface area contributed by atoms with Crippen LogP contribution in [0, 0.1) is 5.82 Å². The van der Waals surface area contributed by atoms with Crippen molar-refractivity contribution in [1.82, 2.24) is 0 Å². The van der Waals surface area contributed by atoms with Gasteiger partial charge in [-0.1, -0.05) is 36.4 Å². The lowest BCUT2D eigenvalue weighted by atomic mass is 10.2. The van der Waals surface area contributed by atoms with Crippen LogP contribution >= 0.6 is 0 Å². The molecule has 0 spiro atoms. The Kier molecular flexibility index (Phi) is 3.51. The molecule has 0 fully saturated rings. The van der Waals surface area contributed by atoms with Crippen molar-refractivity contribution in [2.45, 2.75) is 6.61 Å². The number of halogens is 1. The molecule has 0 heterocycles. The summed E-state index contributed by atoms with van der Waals surface area (Å²) in [5, 5.41) is 0. The van der Waals surface area contributed by atoms with Crippen molar-refractivity contribution < 1.29 is 9.23 Å². The number of para-hydroxylation sites is 1. The van der Waals surface area contributed by atoms with Gasteiger partial charge in [0.25, 0.3) is 0 Å². The second kappa shape index (κ2) is 5.28. The molecule has 2 aromatic carbocycles. The molecule has 1 N–H and O–H groups in total. The number of benzene rings is 2. The molecule has 0 bridgehead atoms. The summed E-state index contributed by atoms with van der Waals surface area (Å²) in [6.07, 6.45) is 0. The van der Waals surface area contributed by atoms with E-state index in [0.717, 1.165) is 5.69 Å². The zero-order valence-electron chi connectivity index (χ0n) is 8.69. The Morgan fingerprint density at radius 1 is 0.938 bits per heavy atom. The van der Waals surface area contributed by atoms with Crippen molar-refractivity contribution in [2.75, 3.05) is 5.48 Å². The molecule has 0 saturated carbocycles. The van der Waals surface area contributed by atoms with Crippen molar-refractivity contribution in [3.63, 3.8) is 0 Å². The number of anilines is 1. The van der Waals surface area contributed by atoms with Gasteiger partial charge in [0.05, 0.1) is 5.69 Å². The third kappa shape index (κ3) is 2.81. The summed E-state index contributed by atoms with van der Waals surface area (Å²) in [6, 6.07) is 16.0. The molecule has 2 aromatic rings. The van der Waals surface area contributed by atoms with E-state index >= 15 is 0 Å². The third-order valence-electron chi connectivity index (χ3n) is 2.15. The molecular weight excluding hydrogens is 205 g/mol. The predicted octanol–water partition coefficient (Wildman–Crippen LogP) is 3.37. The summed E-state index contributed by atoms with van der Waals surface area (Å²) in [7, 11) is 0. The van der Waals surface area contributed by atoms with E-state index in [1.54, 1.807) is 18.2 Å². The van der Waals surface area contributed by atoms with Gasteiger partial charge in [0.15, 0.2) is 0 Å². The molecule has 0 aliphatic carbocycles. The normalized spacial score (nSPS) is 10.1. The number of rotatable bonds is 4. The minimum absolute atomic E-state index is 0.196. The van der Waals surface area contributed by atoms with Crippen molar-refractivity contribution in [3.8, 4) is 0 Å². The van der Waals surface area contributed by atoms with Crippen LogP contribution < -0.4 is 5.48 Å². The van der Waals surface area contributed by atoms with Gasteiger partial charge < -0.3 is 0 Å². The molecule has 0 amide bonds. The standard InChI is InChI=1S/C13H12FNO/c14-13-9-5-4-6-11(13)10-16-15-12-7-2-1-3-8-12/h1-9,15H,10H2. The quantitative estimate of drug-likeness (QED) is 0.793. The van der Waals surface area contributed by atoms with Crippen molar-refractivity contribution in [2.24, 2.45) is 0 Å². The van der Waals surface area contributed by atoms with Crippen LogP contribution in [0.3, 0.4) is 0 Å². The van der Waals surface area contributed by atoms with Crippen LogP contribution in [0.25, 0.3) is 0 Å². The van der Waals surface area contributed by atoms with Crippen molar-refractivity contribution in [3.05, 3.63) is 66.0 Å². The van der Waals surface area contributed by atoms with Crippen molar-refractivity contribution in [1.29, 1.82) is 0 Å². The maximum Gasteiger partial charge on any atom is 0.128 e. The Balaban J connectivity index is 1.87. The fourth-order valence-corrected chi connectivity index (χ4v) is 1.32. The molecular formula is C13H12FNO. The SMILES string of the molecule is Fc1ccccc1CONc1ccccc1. The summed E-state index contributed by atoms with van der Waals surface area (Å²) in [5.41, 5.74) is 4.13. The minimum Gasteiger partial charge on any atom is -0.271 e. The van der Waals surface area contributed by atoms with Crippen LogP contribution in [-0.2, 0) is 11.4 Å². The van der Waals surface area contributed by atoms with Gasteiger partial charge in [-0.15, -0.1) is 0 Å². The van der Waals surface area contributed by atoms with Gasteiger partial charge in [-0.3, -0.25) is 10.3 Å². The molecule has 0 aliphatic rings. The summed E-state index contributed by atoms with van der Waals surface area (Å²) >= 11 is 0. The van der Waals surface area contributed by atoms with E-state index in [-0.39, 0.29) is 12.4 Å². The van der Waals surface area contributed by atoms with Gasteiger partial charge in [0, 0.05) is 5.56 Å². The first-order valence-corrected chi connectivity index (χ1v) is 5.02. The smallest absolute Gasteiger partial charge is 0.128 e. The topological polar surface area (TPSA) is 21.3 Å². The Morgan fingerprint density at radius 2 is 1.62 bits per heavy atom. The van der Waals surface area contributed by atoms with Crippen molar-refractivity contribution >= 4 is 5.69 Å². The molecule has 0 radical (unpaired) electrons. The number of nitrogens with one attached hydrogen (secondary N) is 1. The molecule has 2 nitrogen and oxygen atoms in total. The van der Waals surface area contributed by atoms with Gasteiger partial charge >= 0.3 is 0 Å². The van der Waals surface area contributed by atoms with Crippen LogP contribution in [0.2, 0.25) is 0 Å². The molecule has 0 aromatic heterocycles.